The predicted molar refractivity (Wildman–Crippen MR) is 79.4 cm³/mol. The number of thioether (sulfide) groups is 1. The number of rotatable bonds is 6. The maximum Gasteiger partial charge on any atom is 0.416 e. The van der Waals surface area contributed by atoms with Gasteiger partial charge in [0.2, 0.25) is 5.91 Å². The van der Waals surface area contributed by atoms with Crippen LogP contribution in [0.3, 0.4) is 0 Å². The second-order valence-electron chi connectivity index (χ2n) is 5.03. The Morgan fingerprint density at radius 1 is 1.39 bits per heavy atom. The number of halogens is 4. The minimum atomic E-state index is -4.59. The van der Waals surface area contributed by atoms with Crippen LogP contribution in [0.1, 0.15) is 29.8 Å². The smallest absolute Gasteiger partial charge is 0.382 e. The molecule has 8 heteroatoms. The lowest BCUT2D eigenvalue weighted by Gasteiger charge is -2.26. The fourth-order valence-electron chi connectivity index (χ4n) is 2.43. The second kappa shape index (κ2) is 7.53. The third kappa shape index (κ3) is 4.38. The summed E-state index contributed by atoms with van der Waals surface area (Å²) in [5, 5.41) is -0.823. The Kier molecular flexibility index (Phi) is 5.91. The van der Waals surface area contributed by atoms with Crippen LogP contribution in [0.5, 0.6) is 0 Å². The third-order valence-corrected chi connectivity index (χ3v) is 4.68. The Labute approximate surface area is 136 Å². The molecule has 128 valence electrons. The number of hydrogen-bond acceptors (Lipinski definition) is 3. The highest BCUT2D eigenvalue weighted by molar-refractivity contribution is 8.00. The lowest BCUT2D eigenvalue weighted by molar-refractivity contribution is -0.139. The molecule has 0 aromatic heterocycles. The Balaban J connectivity index is 2.25. The van der Waals surface area contributed by atoms with Crippen molar-refractivity contribution in [3.63, 3.8) is 0 Å². The minimum absolute atomic E-state index is 0.0904. The average Bonchev–Trinajstić information content (AvgIpc) is 2.83. The van der Waals surface area contributed by atoms with Gasteiger partial charge in [-0.25, -0.2) is 4.39 Å². The van der Waals surface area contributed by atoms with Crippen molar-refractivity contribution in [2.24, 2.45) is 0 Å². The first-order chi connectivity index (χ1) is 10.8. The van der Waals surface area contributed by atoms with Gasteiger partial charge in [-0.05, 0) is 37.1 Å². The second-order valence-corrected chi connectivity index (χ2v) is 6.10. The van der Waals surface area contributed by atoms with E-state index < -0.39 is 22.9 Å². The fourth-order valence-corrected chi connectivity index (χ4v) is 3.67. The zero-order valence-corrected chi connectivity index (χ0v) is 13.3. The lowest BCUT2D eigenvalue weighted by atomic mass is 10.1. The molecule has 23 heavy (non-hydrogen) atoms. The summed E-state index contributed by atoms with van der Waals surface area (Å²) in [6, 6.07) is 2.38. The predicted octanol–water partition coefficient (Wildman–Crippen LogP) is 3.85. The van der Waals surface area contributed by atoms with E-state index in [-0.39, 0.29) is 23.8 Å². The molecular weight excluding hydrogens is 334 g/mol. The van der Waals surface area contributed by atoms with E-state index >= 15 is 0 Å². The van der Waals surface area contributed by atoms with E-state index in [9.17, 15) is 22.4 Å². The summed E-state index contributed by atoms with van der Waals surface area (Å²) in [5.74, 6) is -0.899. The normalized spacial score (nSPS) is 18.7. The van der Waals surface area contributed by atoms with Crippen LogP contribution in [0.2, 0.25) is 0 Å². The summed E-state index contributed by atoms with van der Waals surface area (Å²) in [5.41, 5.74) is -1.11. The number of nitrogens with zero attached hydrogens (tertiary/aromatic N) is 1. The van der Waals surface area contributed by atoms with Crippen LogP contribution in [-0.2, 0) is 15.7 Å². The van der Waals surface area contributed by atoms with E-state index in [0.29, 0.717) is 19.6 Å². The number of alkyl halides is 3. The topological polar surface area (TPSA) is 29.5 Å². The summed E-state index contributed by atoms with van der Waals surface area (Å²) in [7, 11) is 0. The van der Waals surface area contributed by atoms with Crippen LogP contribution in [0.15, 0.2) is 18.2 Å². The summed E-state index contributed by atoms with van der Waals surface area (Å²) in [6.45, 7) is 3.08. The Bertz CT molecular complexity index is 565. The molecule has 0 spiro atoms. The highest BCUT2D eigenvalue weighted by atomic mass is 32.2. The average molecular weight is 351 g/mol. The van der Waals surface area contributed by atoms with Crippen molar-refractivity contribution in [3.05, 3.63) is 35.1 Å². The maximum absolute atomic E-state index is 13.5. The molecule has 1 atom stereocenters. The summed E-state index contributed by atoms with van der Waals surface area (Å²) < 4.78 is 58.1. The van der Waals surface area contributed by atoms with Crippen molar-refractivity contribution < 1.29 is 27.1 Å². The Hall–Kier alpha value is -1.28. The molecule has 1 saturated heterocycles. The van der Waals surface area contributed by atoms with Gasteiger partial charge in [-0.3, -0.25) is 4.79 Å². The molecule has 0 radical (unpaired) electrons. The van der Waals surface area contributed by atoms with Gasteiger partial charge < -0.3 is 9.64 Å². The number of carbonyl (C=O) groups excluding carboxylic acids is 1. The molecule has 1 unspecified atom stereocenters. The molecule has 1 aliphatic heterocycles. The van der Waals surface area contributed by atoms with E-state index in [1.54, 1.807) is 0 Å². The van der Waals surface area contributed by atoms with E-state index in [0.717, 1.165) is 30.0 Å². The van der Waals surface area contributed by atoms with E-state index in [1.165, 1.54) is 4.90 Å². The summed E-state index contributed by atoms with van der Waals surface area (Å²) in [6.07, 6.45) is -4.07. The van der Waals surface area contributed by atoms with Gasteiger partial charge in [-0.15, -0.1) is 11.8 Å². The number of hydrogen-bond donors (Lipinski definition) is 0. The molecule has 0 N–H and O–H groups in total. The number of benzene rings is 1. The quantitative estimate of drug-likeness (QED) is 0.576. The van der Waals surface area contributed by atoms with Crippen molar-refractivity contribution in [1.29, 1.82) is 0 Å². The minimum Gasteiger partial charge on any atom is -0.382 e. The van der Waals surface area contributed by atoms with Crippen molar-refractivity contribution >= 4 is 17.7 Å². The Morgan fingerprint density at radius 3 is 2.78 bits per heavy atom. The SMILES string of the molecule is CCOCCCN1C(=O)CSC1c1cc(F)ccc1C(F)(F)F. The maximum atomic E-state index is 13.5. The van der Waals surface area contributed by atoms with Gasteiger partial charge in [-0.1, -0.05) is 0 Å². The van der Waals surface area contributed by atoms with E-state index in [1.807, 2.05) is 6.92 Å². The van der Waals surface area contributed by atoms with E-state index in [4.69, 9.17) is 4.74 Å². The van der Waals surface area contributed by atoms with Crippen LogP contribution in [-0.4, -0.2) is 36.3 Å². The highest BCUT2D eigenvalue weighted by Crippen LogP contribution is 2.44. The first-order valence-corrected chi connectivity index (χ1v) is 8.25. The van der Waals surface area contributed by atoms with Gasteiger partial charge in [0.25, 0.3) is 0 Å². The van der Waals surface area contributed by atoms with Gasteiger partial charge in [0.15, 0.2) is 0 Å². The largest absolute Gasteiger partial charge is 0.416 e. The number of amides is 1. The molecule has 2 rings (SSSR count). The zero-order valence-electron chi connectivity index (χ0n) is 12.5. The van der Waals surface area contributed by atoms with Crippen molar-refractivity contribution in [1.82, 2.24) is 4.90 Å². The van der Waals surface area contributed by atoms with Crippen LogP contribution in [0.25, 0.3) is 0 Å². The van der Waals surface area contributed by atoms with Gasteiger partial charge >= 0.3 is 6.18 Å². The first-order valence-electron chi connectivity index (χ1n) is 7.20. The molecule has 1 amide bonds. The molecule has 1 fully saturated rings. The van der Waals surface area contributed by atoms with E-state index in [2.05, 4.69) is 0 Å². The first kappa shape index (κ1) is 18.1. The van der Waals surface area contributed by atoms with Gasteiger partial charge in [0.05, 0.1) is 11.3 Å². The highest BCUT2D eigenvalue weighted by Gasteiger charge is 2.40. The molecule has 1 aromatic rings. The molecule has 0 aliphatic carbocycles. The Morgan fingerprint density at radius 2 is 2.13 bits per heavy atom. The standard InChI is InChI=1S/C15H17F4NO2S/c1-2-22-7-3-6-20-13(21)9-23-14(20)11-8-10(16)4-5-12(11)15(17,18)19/h4-5,8,14H,2-3,6-7,9H2,1H3. The van der Waals surface area contributed by atoms with Crippen molar-refractivity contribution in [2.45, 2.75) is 24.9 Å². The zero-order chi connectivity index (χ0) is 17.0. The van der Waals surface area contributed by atoms with Crippen LogP contribution in [0.4, 0.5) is 17.6 Å². The number of carbonyl (C=O) groups is 1. The van der Waals surface area contributed by atoms with Gasteiger partial charge in [0, 0.05) is 19.8 Å². The van der Waals surface area contributed by atoms with Crippen LogP contribution in [0, 0.1) is 5.82 Å². The monoisotopic (exact) mass is 351 g/mol. The molecule has 0 bridgehead atoms. The fraction of sp³-hybridized carbons (Fsp3) is 0.533. The molecule has 1 aliphatic rings. The van der Waals surface area contributed by atoms with Crippen molar-refractivity contribution in [3.8, 4) is 0 Å². The number of ether oxygens (including phenoxy) is 1. The molecule has 3 nitrogen and oxygen atoms in total. The lowest BCUT2D eigenvalue weighted by Crippen LogP contribution is -2.31. The molecule has 0 saturated carbocycles. The third-order valence-electron chi connectivity index (χ3n) is 3.44. The van der Waals surface area contributed by atoms with Gasteiger partial charge in [-0.2, -0.15) is 13.2 Å². The molecule has 1 aromatic carbocycles. The molecule has 1 heterocycles. The van der Waals surface area contributed by atoms with Crippen molar-refractivity contribution in [2.75, 3.05) is 25.5 Å². The summed E-state index contributed by atoms with van der Waals surface area (Å²) >= 11 is 1.08. The molecular formula is C15H17F4NO2S. The van der Waals surface area contributed by atoms with Crippen LogP contribution < -0.4 is 0 Å². The van der Waals surface area contributed by atoms with Crippen LogP contribution >= 0.6 is 11.8 Å². The summed E-state index contributed by atoms with van der Waals surface area (Å²) in [4.78, 5) is 13.3. The van der Waals surface area contributed by atoms with Gasteiger partial charge in [0.1, 0.15) is 11.2 Å².